The molecule has 0 saturated carbocycles. The molecule has 0 N–H and O–H groups in total. The number of pyridine rings is 1. The quantitative estimate of drug-likeness (QED) is 0.672. The van der Waals surface area contributed by atoms with Crippen LogP contribution in [-0.4, -0.2) is 4.98 Å². The average Bonchev–Trinajstić information content (AvgIpc) is 2.51. The third-order valence-electron chi connectivity index (χ3n) is 3.12. The van der Waals surface area contributed by atoms with Crippen molar-refractivity contribution in [2.75, 3.05) is 0 Å². The maximum atomic E-state index is 6.05. The van der Waals surface area contributed by atoms with Gasteiger partial charge in [-0.1, -0.05) is 36.4 Å². The lowest BCUT2D eigenvalue weighted by atomic mass is 10.1. The minimum Gasteiger partial charge on any atom is -0.456 e. The second-order valence-electron chi connectivity index (χ2n) is 4.58. The van der Waals surface area contributed by atoms with Crippen LogP contribution in [0.4, 0.5) is 0 Å². The minimum atomic E-state index is 0.832. The molecule has 0 spiro atoms. The van der Waals surface area contributed by atoms with Crippen LogP contribution in [0.1, 0.15) is 5.56 Å². The van der Waals surface area contributed by atoms with Crippen LogP contribution in [-0.2, 0) is 0 Å². The maximum absolute atomic E-state index is 6.05. The summed E-state index contributed by atoms with van der Waals surface area (Å²) in [6.07, 6.45) is 1.80. The molecular formula is C18H15NO. The fourth-order valence-electron chi connectivity index (χ4n) is 2.12. The largest absolute Gasteiger partial charge is 0.456 e. The molecule has 3 rings (SSSR count). The Morgan fingerprint density at radius 2 is 1.60 bits per heavy atom. The van der Waals surface area contributed by atoms with Crippen molar-refractivity contribution in [2.45, 2.75) is 6.92 Å². The fourth-order valence-corrected chi connectivity index (χ4v) is 2.12. The highest BCUT2D eigenvalue weighted by molar-refractivity contribution is 5.69. The Bertz CT molecular complexity index is 693. The van der Waals surface area contributed by atoms with Crippen molar-refractivity contribution in [1.29, 1.82) is 0 Å². The molecule has 0 aliphatic carbocycles. The number of para-hydroxylation sites is 2. The predicted octanol–water partition coefficient (Wildman–Crippen LogP) is 4.85. The molecule has 2 nitrogen and oxygen atoms in total. The zero-order valence-corrected chi connectivity index (χ0v) is 11.3. The molecule has 2 heteroatoms. The van der Waals surface area contributed by atoms with Gasteiger partial charge in [-0.25, -0.2) is 0 Å². The first-order valence-electron chi connectivity index (χ1n) is 6.58. The summed E-state index contributed by atoms with van der Waals surface area (Å²) in [6.45, 7) is 2.05. The monoisotopic (exact) mass is 261 g/mol. The topological polar surface area (TPSA) is 22.1 Å². The van der Waals surface area contributed by atoms with Crippen LogP contribution < -0.4 is 4.74 Å². The molecule has 3 aromatic rings. The van der Waals surface area contributed by atoms with Gasteiger partial charge in [-0.3, -0.25) is 4.98 Å². The maximum Gasteiger partial charge on any atom is 0.139 e. The molecule has 0 bridgehead atoms. The standard InChI is InChI=1S/C18H15NO/c1-14-8-7-11-16(17-12-5-6-13-19-17)18(14)20-15-9-3-2-4-10-15/h2-13H,1H3. The van der Waals surface area contributed by atoms with E-state index in [-0.39, 0.29) is 0 Å². The van der Waals surface area contributed by atoms with Crippen LogP contribution in [0, 0.1) is 6.92 Å². The highest BCUT2D eigenvalue weighted by Gasteiger charge is 2.10. The molecular weight excluding hydrogens is 246 g/mol. The van der Waals surface area contributed by atoms with Gasteiger partial charge in [-0.15, -0.1) is 0 Å². The lowest BCUT2D eigenvalue weighted by molar-refractivity contribution is 0.480. The molecule has 0 unspecified atom stereocenters. The molecule has 1 aromatic heterocycles. The molecule has 1 heterocycles. The highest BCUT2D eigenvalue weighted by Crippen LogP contribution is 2.34. The fraction of sp³-hybridized carbons (Fsp3) is 0.0556. The molecule has 0 fully saturated rings. The van der Waals surface area contributed by atoms with Crippen LogP contribution in [0.2, 0.25) is 0 Å². The van der Waals surface area contributed by atoms with Gasteiger partial charge in [0.1, 0.15) is 11.5 Å². The van der Waals surface area contributed by atoms with Crippen LogP contribution >= 0.6 is 0 Å². The lowest BCUT2D eigenvalue weighted by Crippen LogP contribution is -1.92. The van der Waals surface area contributed by atoms with E-state index in [2.05, 4.69) is 4.98 Å². The van der Waals surface area contributed by atoms with Gasteiger partial charge in [0.2, 0.25) is 0 Å². The summed E-state index contributed by atoms with van der Waals surface area (Å²) in [6, 6.07) is 21.8. The Balaban J connectivity index is 2.06. The number of benzene rings is 2. The van der Waals surface area contributed by atoms with E-state index in [0.717, 1.165) is 28.3 Å². The van der Waals surface area contributed by atoms with Gasteiger partial charge in [0.05, 0.1) is 5.69 Å². The molecule has 2 aromatic carbocycles. The number of hydrogen-bond donors (Lipinski definition) is 0. The number of nitrogens with zero attached hydrogens (tertiary/aromatic N) is 1. The second kappa shape index (κ2) is 5.57. The summed E-state index contributed by atoms with van der Waals surface area (Å²) in [4.78, 5) is 4.41. The van der Waals surface area contributed by atoms with E-state index >= 15 is 0 Å². The van der Waals surface area contributed by atoms with Crippen molar-refractivity contribution >= 4 is 0 Å². The smallest absolute Gasteiger partial charge is 0.139 e. The number of hydrogen-bond acceptors (Lipinski definition) is 2. The van der Waals surface area contributed by atoms with E-state index < -0.39 is 0 Å². The number of rotatable bonds is 3. The van der Waals surface area contributed by atoms with Gasteiger partial charge >= 0.3 is 0 Å². The van der Waals surface area contributed by atoms with Gasteiger partial charge in [0.15, 0.2) is 0 Å². The molecule has 0 aliphatic heterocycles. The van der Waals surface area contributed by atoms with E-state index in [1.165, 1.54) is 0 Å². The van der Waals surface area contributed by atoms with Crippen molar-refractivity contribution in [3.8, 4) is 22.8 Å². The normalized spacial score (nSPS) is 10.2. The van der Waals surface area contributed by atoms with E-state index in [1.54, 1.807) is 6.20 Å². The van der Waals surface area contributed by atoms with E-state index in [4.69, 9.17) is 4.74 Å². The van der Waals surface area contributed by atoms with Gasteiger partial charge in [0.25, 0.3) is 0 Å². The summed E-state index contributed by atoms with van der Waals surface area (Å²) in [7, 11) is 0. The molecule has 20 heavy (non-hydrogen) atoms. The van der Waals surface area contributed by atoms with E-state index in [0.29, 0.717) is 0 Å². The predicted molar refractivity (Wildman–Crippen MR) is 80.9 cm³/mol. The van der Waals surface area contributed by atoms with Crippen molar-refractivity contribution in [1.82, 2.24) is 4.98 Å². The minimum absolute atomic E-state index is 0.832. The molecule has 0 atom stereocenters. The zero-order chi connectivity index (χ0) is 13.8. The first-order valence-corrected chi connectivity index (χ1v) is 6.58. The third-order valence-corrected chi connectivity index (χ3v) is 3.12. The second-order valence-corrected chi connectivity index (χ2v) is 4.58. The zero-order valence-electron chi connectivity index (χ0n) is 11.3. The van der Waals surface area contributed by atoms with Crippen LogP contribution in [0.5, 0.6) is 11.5 Å². The van der Waals surface area contributed by atoms with Crippen LogP contribution in [0.15, 0.2) is 72.9 Å². The first kappa shape index (κ1) is 12.4. The SMILES string of the molecule is Cc1cccc(-c2ccccn2)c1Oc1ccccc1. The van der Waals surface area contributed by atoms with Gasteiger partial charge in [-0.05, 0) is 42.8 Å². The lowest BCUT2D eigenvalue weighted by Gasteiger charge is -2.13. The summed E-state index contributed by atoms with van der Waals surface area (Å²) in [5.41, 5.74) is 3.02. The summed E-state index contributed by atoms with van der Waals surface area (Å²) >= 11 is 0. The van der Waals surface area contributed by atoms with Crippen molar-refractivity contribution < 1.29 is 4.74 Å². The number of aromatic nitrogens is 1. The van der Waals surface area contributed by atoms with E-state index in [9.17, 15) is 0 Å². The van der Waals surface area contributed by atoms with Gasteiger partial charge in [-0.2, -0.15) is 0 Å². The Morgan fingerprint density at radius 3 is 2.35 bits per heavy atom. The summed E-state index contributed by atoms with van der Waals surface area (Å²) in [5, 5.41) is 0. The summed E-state index contributed by atoms with van der Waals surface area (Å²) in [5.74, 6) is 1.69. The number of aryl methyl sites for hydroxylation is 1. The Morgan fingerprint density at radius 1 is 0.800 bits per heavy atom. The molecule has 0 radical (unpaired) electrons. The summed E-state index contributed by atoms with van der Waals surface area (Å²) < 4.78 is 6.05. The third kappa shape index (κ3) is 2.54. The number of ether oxygens (including phenoxy) is 1. The average molecular weight is 261 g/mol. The van der Waals surface area contributed by atoms with E-state index in [1.807, 2.05) is 73.7 Å². The van der Waals surface area contributed by atoms with Gasteiger partial charge in [0, 0.05) is 11.8 Å². The van der Waals surface area contributed by atoms with Crippen molar-refractivity contribution in [3.63, 3.8) is 0 Å². The first-order chi connectivity index (χ1) is 9.84. The highest BCUT2D eigenvalue weighted by atomic mass is 16.5. The molecule has 0 aliphatic rings. The van der Waals surface area contributed by atoms with Crippen molar-refractivity contribution in [2.24, 2.45) is 0 Å². The van der Waals surface area contributed by atoms with Gasteiger partial charge < -0.3 is 4.74 Å². The molecule has 0 saturated heterocycles. The van der Waals surface area contributed by atoms with Crippen molar-refractivity contribution in [3.05, 3.63) is 78.5 Å². The Hall–Kier alpha value is -2.61. The molecule has 98 valence electrons. The van der Waals surface area contributed by atoms with Crippen LogP contribution in [0.3, 0.4) is 0 Å². The Kier molecular flexibility index (Phi) is 3.46. The Labute approximate surface area is 118 Å². The molecule has 0 amide bonds. The van der Waals surface area contributed by atoms with Crippen LogP contribution in [0.25, 0.3) is 11.3 Å².